The summed E-state index contributed by atoms with van der Waals surface area (Å²) in [4.78, 5) is 5.09. The van der Waals surface area contributed by atoms with Gasteiger partial charge in [0.15, 0.2) is 5.96 Å². The fourth-order valence-electron chi connectivity index (χ4n) is 3.63. The third kappa shape index (κ3) is 7.18. The molecule has 0 amide bonds. The van der Waals surface area contributed by atoms with Crippen molar-refractivity contribution in [3.63, 3.8) is 0 Å². The van der Waals surface area contributed by atoms with E-state index in [1.54, 1.807) is 28.6 Å². The molecule has 0 aromatic heterocycles. The van der Waals surface area contributed by atoms with Gasteiger partial charge in [-0.3, -0.25) is 0 Å². The normalized spacial score (nSPS) is 15.9. The first-order chi connectivity index (χ1) is 14.5. The fraction of sp³-hybridized carbons (Fsp3) is 0.435. The maximum absolute atomic E-state index is 12.8. The Balaban J connectivity index is 0.00000341. The van der Waals surface area contributed by atoms with Gasteiger partial charge in [-0.05, 0) is 55.9 Å². The van der Waals surface area contributed by atoms with Crippen LogP contribution in [0.25, 0.3) is 0 Å². The fourth-order valence-corrected chi connectivity index (χ4v) is 5.12. The molecule has 2 aromatic rings. The predicted octanol–water partition coefficient (Wildman–Crippen LogP) is 3.77. The Labute approximate surface area is 203 Å². The topological polar surface area (TPSA) is 73.8 Å². The second kappa shape index (κ2) is 12.4. The second-order valence-electron chi connectivity index (χ2n) is 7.66. The van der Waals surface area contributed by atoms with E-state index in [1.807, 2.05) is 18.2 Å². The Morgan fingerprint density at radius 2 is 1.68 bits per heavy atom. The van der Waals surface area contributed by atoms with Crippen molar-refractivity contribution in [1.82, 2.24) is 14.9 Å². The highest BCUT2D eigenvalue weighted by atomic mass is 127. The molecule has 0 radical (unpaired) electrons. The number of sulfonamides is 1. The molecular formula is C23H33IN4O2S. The van der Waals surface area contributed by atoms with Crippen molar-refractivity contribution in [2.75, 3.05) is 26.2 Å². The highest BCUT2D eigenvalue weighted by Gasteiger charge is 2.29. The van der Waals surface area contributed by atoms with E-state index in [2.05, 4.69) is 36.6 Å². The number of benzene rings is 2. The summed E-state index contributed by atoms with van der Waals surface area (Å²) in [5.74, 6) is 1.23. The number of nitrogens with one attached hydrogen (secondary N) is 2. The Morgan fingerprint density at radius 1 is 1.03 bits per heavy atom. The summed E-state index contributed by atoms with van der Waals surface area (Å²) < 4.78 is 27.2. The van der Waals surface area contributed by atoms with E-state index in [1.165, 1.54) is 11.1 Å². The first-order valence-electron chi connectivity index (χ1n) is 10.6. The van der Waals surface area contributed by atoms with Crippen molar-refractivity contribution >= 4 is 40.0 Å². The van der Waals surface area contributed by atoms with Gasteiger partial charge in [0.25, 0.3) is 0 Å². The number of piperidine rings is 1. The Kier molecular flexibility index (Phi) is 10.2. The van der Waals surface area contributed by atoms with E-state index in [4.69, 9.17) is 4.99 Å². The van der Waals surface area contributed by atoms with Crippen LogP contribution in [0.1, 0.15) is 30.9 Å². The van der Waals surface area contributed by atoms with Gasteiger partial charge < -0.3 is 10.6 Å². The molecule has 6 nitrogen and oxygen atoms in total. The molecule has 0 unspecified atom stereocenters. The molecule has 8 heteroatoms. The van der Waals surface area contributed by atoms with Crippen molar-refractivity contribution in [1.29, 1.82) is 0 Å². The number of nitrogens with zero attached hydrogens (tertiary/aromatic N) is 2. The van der Waals surface area contributed by atoms with E-state index in [0.717, 1.165) is 31.9 Å². The molecular weight excluding hydrogens is 523 g/mol. The van der Waals surface area contributed by atoms with Crippen LogP contribution in [0.15, 0.2) is 64.5 Å². The van der Waals surface area contributed by atoms with Crippen molar-refractivity contribution in [2.24, 2.45) is 10.9 Å². The van der Waals surface area contributed by atoms with E-state index in [0.29, 0.717) is 30.4 Å². The zero-order chi connectivity index (χ0) is 21.4. The van der Waals surface area contributed by atoms with Gasteiger partial charge in [-0.2, -0.15) is 4.31 Å². The van der Waals surface area contributed by atoms with Gasteiger partial charge in [0.1, 0.15) is 0 Å². The smallest absolute Gasteiger partial charge is 0.243 e. The molecule has 31 heavy (non-hydrogen) atoms. The Morgan fingerprint density at radius 3 is 2.32 bits per heavy atom. The van der Waals surface area contributed by atoms with Crippen LogP contribution in [0, 0.1) is 12.8 Å². The van der Waals surface area contributed by atoms with Crippen LogP contribution in [0.5, 0.6) is 0 Å². The van der Waals surface area contributed by atoms with Crippen LogP contribution in [-0.2, 0) is 16.6 Å². The molecule has 170 valence electrons. The lowest BCUT2D eigenvalue weighted by molar-refractivity contribution is 0.273. The molecule has 0 atom stereocenters. The van der Waals surface area contributed by atoms with Crippen LogP contribution in [0.4, 0.5) is 0 Å². The minimum atomic E-state index is -3.39. The van der Waals surface area contributed by atoms with Crippen LogP contribution in [0.3, 0.4) is 0 Å². The Bertz CT molecular complexity index is 943. The molecule has 1 heterocycles. The van der Waals surface area contributed by atoms with Crippen molar-refractivity contribution in [3.05, 3.63) is 65.7 Å². The number of hydrogen-bond donors (Lipinski definition) is 2. The molecule has 1 aliphatic rings. The van der Waals surface area contributed by atoms with Gasteiger partial charge in [0.05, 0.1) is 11.4 Å². The number of rotatable bonds is 7. The lowest BCUT2D eigenvalue weighted by Gasteiger charge is -2.31. The molecule has 0 bridgehead atoms. The zero-order valence-electron chi connectivity index (χ0n) is 18.3. The molecule has 0 aliphatic carbocycles. The number of guanidine groups is 1. The van der Waals surface area contributed by atoms with Crippen LogP contribution in [0.2, 0.25) is 0 Å². The van der Waals surface area contributed by atoms with Crippen LogP contribution < -0.4 is 10.6 Å². The lowest BCUT2D eigenvalue weighted by atomic mass is 9.98. The molecule has 2 N–H and O–H groups in total. The van der Waals surface area contributed by atoms with E-state index in [9.17, 15) is 8.42 Å². The van der Waals surface area contributed by atoms with Gasteiger partial charge in [0.2, 0.25) is 10.0 Å². The lowest BCUT2D eigenvalue weighted by Crippen LogP contribution is -2.44. The first kappa shape index (κ1) is 25.6. The number of aryl methyl sites for hydroxylation is 1. The van der Waals surface area contributed by atoms with Gasteiger partial charge >= 0.3 is 0 Å². The maximum Gasteiger partial charge on any atom is 0.243 e. The molecule has 3 rings (SSSR count). The minimum Gasteiger partial charge on any atom is -0.357 e. The average molecular weight is 557 g/mol. The summed E-state index contributed by atoms with van der Waals surface area (Å²) in [6.07, 6.45) is 1.69. The molecule has 0 saturated carbocycles. The summed E-state index contributed by atoms with van der Waals surface area (Å²) in [5.41, 5.74) is 2.46. The van der Waals surface area contributed by atoms with Crippen molar-refractivity contribution < 1.29 is 8.42 Å². The second-order valence-corrected chi connectivity index (χ2v) is 9.60. The van der Waals surface area contributed by atoms with Crippen molar-refractivity contribution in [3.8, 4) is 0 Å². The quantitative estimate of drug-likeness (QED) is 0.310. The van der Waals surface area contributed by atoms with Crippen LogP contribution in [-0.4, -0.2) is 44.9 Å². The van der Waals surface area contributed by atoms with Gasteiger partial charge in [-0.1, -0.05) is 42.5 Å². The number of hydrogen-bond acceptors (Lipinski definition) is 3. The molecule has 1 saturated heterocycles. The van der Waals surface area contributed by atoms with Crippen molar-refractivity contribution in [2.45, 2.75) is 38.1 Å². The van der Waals surface area contributed by atoms with E-state index < -0.39 is 10.0 Å². The highest BCUT2D eigenvalue weighted by molar-refractivity contribution is 14.0. The molecule has 1 fully saturated rings. The highest BCUT2D eigenvalue weighted by Crippen LogP contribution is 2.23. The summed E-state index contributed by atoms with van der Waals surface area (Å²) in [6.45, 7) is 7.49. The van der Waals surface area contributed by atoms with Gasteiger partial charge in [-0.25, -0.2) is 13.4 Å². The SMILES string of the molecule is CCNC(=NCc1ccccc1C)NCC1CCN(S(=O)(=O)c2ccccc2)CC1.I. The van der Waals surface area contributed by atoms with E-state index >= 15 is 0 Å². The molecule has 2 aromatic carbocycles. The molecule has 0 spiro atoms. The average Bonchev–Trinajstić information content (AvgIpc) is 2.77. The Hall–Kier alpha value is -1.65. The minimum absolute atomic E-state index is 0. The summed E-state index contributed by atoms with van der Waals surface area (Å²) in [5, 5.41) is 6.74. The van der Waals surface area contributed by atoms with Crippen LogP contribution >= 0.6 is 24.0 Å². The standard InChI is InChI=1S/C23H32N4O2S.HI/c1-3-24-23(26-18-21-10-8-7-9-19(21)2)25-17-20-13-15-27(16-14-20)30(28,29)22-11-5-4-6-12-22;/h4-12,20H,3,13-18H2,1-2H3,(H2,24,25,26);1H. The monoisotopic (exact) mass is 556 g/mol. The summed E-state index contributed by atoms with van der Waals surface area (Å²) in [6, 6.07) is 17.0. The summed E-state index contributed by atoms with van der Waals surface area (Å²) >= 11 is 0. The number of aliphatic imine (C=N–C) groups is 1. The zero-order valence-corrected chi connectivity index (χ0v) is 21.4. The molecule has 1 aliphatic heterocycles. The maximum atomic E-state index is 12.8. The van der Waals surface area contributed by atoms with E-state index in [-0.39, 0.29) is 24.0 Å². The largest absolute Gasteiger partial charge is 0.357 e. The first-order valence-corrected chi connectivity index (χ1v) is 12.1. The number of halogens is 1. The van der Waals surface area contributed by atoms with Gasteiger partial charge in [-0.15, -0.1) is 24.0 Å². The third-order valence-corrected chi connectivity index (χ3v) is 7.44. The predicted molar refractivity (Wildman–Crippen MR) is 137 cm³/mol. The summed E-state index contributed by atoms with van der Waals surface area (Å²) in [7, 11) is -3.39. The van der Waals surface area contributed by atoms with Gasteiger partial charge in [0, 0.05) is 26.2 Å². The third-order valence-electron chi connectivity index (χ3n) is 5.53.